The van der Waals surface area contributed by atoms with Crippen LogP contribution in [0.15, 0.2) is 43.1 Å². The van der Waals surface area contributed by atoms with Crippen molar-refractivity contribution in [1.82, 2.24) is 34.9 Å². The molecule has 1 saturated carbocycles. The lowest BCUT2D eigenvalue weighted by Gasteiger charge is -2.24. The highest BCUT2D eigenvalue weighted by molar-refractivity contribution is 5.86. The van der Waals surface area contributed by atoms with Gasteiger partial charge in [0.25, 0.3) is 0 Å². The van der Waals surface area contributed by atoms with Crippen LogP contribution in [0.5, 0.6) is 0 Å². The van der Waals surface area contributed by atoms with Gasteiger partial charge in [-0.3, -0.25) is 5.10 Å². The summed E-state index contributed by atoms with van der Waals surface area (Å²) in [5.41, 5.74) is 3.02. The maximum atomic E-state index is 4.72. The Morgan fingerprint density at radius 1 is 1.19 bits per heavy atom. The molecule has 130 valence electrons. The predicted octanol–water partition coefficient (Wildman–Crippen LogP) is 2.41. The number of anilines is 1. The van der Waals surface area contributed by atoms with Gasteiger partial charge in [0.1, 0.15) is 24.3 Å². The third-order valence-corrected chi connectivity index (χ3v) is 4.63. The fraction of sp³-hybridized carbons (Fsp3) is 0.278. The first-order chi connectivity index (χ1) is 12.8. The number of rotatable bonds is 5. The summed E-state index contributed by atoms with van der Waals surface area (Å²) in [5, 5.41) is 12.2. The average molecular weight is 346 g/mol. The van der Waals surface area contributed by atoms with E-state index in [2.05, 4.69) is 54.4 Å². The van der Waals surface area contributed by atoms with Gasteiger partial charge in [-0.15, -0.1) is 0 Å². The zero-order valence-corrected chi connectivity index (χ0v) is 14.4. The standard InChI is InChI=1S/C18H18N8/c1-12-22-17-16(8-20-24-17)18(23-12)25(14-6-7-14)9-13-2-4-15(5-3-13)26-11-19-10-21-26/h2-5,8,10-11,14H,6-7,9H2,1H3,(H,20,22,23,24). The molecule has 1 aliphatic carbocycles. The number of hydrogen-bond donors (Lipinski definition) is 1. The molecular formula is C18H18N8. The molecule has 26 heavy (non-hydrogen) atoms. The Hall–Kier alpha value is -3.29. The molecule has 1 aromatic carbocycles. The Kier molecular flexibility index (Phi) is 3.41. The molecule has 3 heterocycles. The van der Waals surface area contributed by atoms with Crippen LogP contribution in [0.3, 0.4) is 0 Å². The van der Waals surface area contributed by atoms with Crippen molar-refractivity contribution in [2.24, 2.45) is 0 Å². The van der Waals surface area contributed by atoms with E-state index in [9.17, 15) is 0 Å². The van der Waals surface area contributed by atoms with Crippen LogP contribution < -0.4 is 4.90 Å². The number of aryl methyl sites for hydroxylation is 1. The summed E-state index contributed by atoms with van der Waals surface area (Å²) in [5.74, 6) is 1.72. The second-order valence-corrected chi connectivity index (χ2v) is 6.59. The van der Waals surface area contributed by atoms with Crippen LogP contribution >= 0.6 is 0 Å². The normalized spacial score (nSPS) is 14.0. The molecule has 3 aromatic heterocycles. The minimum absolute atomic E-state index is 0.525. The minimum Gasteiger partial charge on any atom is -0.349 e. The summed E-state index contributed by atoms with van der Waals surface area (Å²) in [6, 6.07) is 8.92. The lowest BCUT2D eigenvalue weighted by atomic mass is 10.2. The van der Waals surface area contributed by atoms with Crippen LogP contribution in [-0.4, -0.2) is 41.0 Å². The Balaban J connectivity index is 1.47. The molecule has 8 heteroatoms. The Labute approximate surface area is 149 Å². The van der Waals surface area contributed by atoms with Crippen LogP contribution in [-0.2, 0) is 6.54 Å². The van der Waals surface area contributed by atoms with Crippen molar-refractivity contribution in [1.29, 1.82) is 0 Å². The SMILES string of the molecule is Cc1nc(N(Cc2ccc(-n3cncn3)cc2)C2CC2)c2cn[nH]c2n1. The van der Waals surface area contributed by atoms with Crippen molar-refractivity contribution in [3.63, 3.8) is 0 Å². The summed E-state index contributed by atoms with van der Waals surface area (Å²) >= 11 is 0. The van der Waals surface area contributed by atoms with Crippen molar-refractivity contribution >= 4 is 16.9 Å². The van der Waals surface area contributed by atoms with E-state index in [1.165, 1.54) is 24.7 Å². The smallest absolute Gasteiger partial charge is 0.161 e. The number of nitrogens with one attached hydrogen (secondary N) is 1. The van der Waals surface area contributed by atoms with Crippen LogP contribution in [0.25, 0.3) is 16.7 Å². The van der Waals surface area contributed by atoms with E-state index < -0.39 is 0 Å². The fourth-order valence-corrected chi connectivity index (χ4v) is 3.20. The van der Waals surface area contributed by atoms with Crippen molar-refractivity contribution in [2.75, 3.05) is 4.90 Å². The Bertz CT molecular complexity index is 1030. The van der Waals surface area contributed by atoms with E-state index >= 15 is 0 Å². The number of aromatic nitrogens is 7. The lowest BCUT2D eigenvalue weighted by Crippen LogP contribution is -2.26. The highest BCUT2D eigenvalue weighted by atomic mass is 15.3. The van der Waals surface area contributed by atoms with Gasteiger partial charge in [0.2, 0.25) is 0 Å². The highest BCUT2D eigenvalue weighted by Crippen LogP contribution is 2.35. The number of hydrogen-bond acceptors (Lipinski definition) is 6. The van der Waals surface area contributed by atoms with Crippen molar-refractivity contribution in [3.8, 4) is 5.69 Å². The van der Waals surface area contributed by atoms with Crippen LogP contribution in [0.4, 0.5) is 5.82 Å². The number of fused-ring (bicyclic) bond motifs is 1. The number of nitrogens with zero attached hydrogens (tertiary/aromatic N) is 7. The molecule has 0 spiro atoms. The Morgan fingerprint density at radius 2 is 2.04 bits per heavy atom. The highest BCUT2D eigenvalue weighted by Gasteiger charge is 2.31. The first-order valence-electron chi connectivity index (χ1n) is 8.66. The molecular weight excluding hydrogens is 328 g/mol. The zero-order valence-electron chi connectivity index (χ0n) is 14.4. The number of H-pyrrole nitrogens is 1. The van der Waals surface area contributed by atoms with Gasteiger partial charge >= 0.3 is 0 Å². The summed E-state index contributed by atoms with van der Waals surface area (Å²) in [6.45, 7) is 2.72. The van der Waals surface area contributed by atoms with Gasteiger partial charge < -0.3 is 4.90 Å². The van der Waals surface area contributed by atoms with Gasteiger partial charge in [-0.05, 0) is 37.5 Å². The molecule has 0 unspecified atom stereocenters. The molecule has 1 aliphatic rings. The van der Waals surface area contributed by atoms with Gasteiger partial charge in [-0.25, -0.2) is 19.6 Å². The maximum Gasteiger partial charge on any atom is 0.161 e. The molecule has 0 aliphatic heterocycles. The third-order valence-electron chi connectivity index (χ3n) is 4.63. The number of aromatic amines is 1. The van der Waals surface area contributed by atoms with Gasteiger partial charge in [-0.2, -0.15) is 10.2 Å². The first-order valence-corrected chi connectivity index (χ1v) is 8.66. The summed E-state index contributed by atoms with van der Waals surface area (Å²) in [7, 11) is 0. The minimum atomic E-state index is 0.525. The van der Waals surface area contributed by atoms with E-state index in [0.29, 0.717) is 6.04 Å². The molecule has 4 aromatic rings. The van der Waals surface area contributed by atoms with E-state index in [1.54, 1.807) is 11.0 Å². The van der Waals surface area contributed by atoms with Gasteiger partial charge in [-0.1, -0.05) is 12.1 Å². The summed E-state index contributed by atoms with van der Waals surface area (Å²) in [4.78, 5) is 15.5. The van der Waals surface area contributed by atoms with Crippen molar-refractivity contribution in [2.45, 2.75) is 32.4 Å². The van der Waals surface area contributed by atoms with Gasteiger partial charge in [0.15, 0.2) is 5.65 Å². The molecule has 5 rings (SSSR count). The summed E-state index contributed by atoms with van der Waals surface area (Å²) in [6.07, 6.45) is 7.44. The topological polar surface area (TPSA) is 88.4 Å². The van der Waals surface area contributed by atoms with Gasteiger partial charge in [0, 0.05) is 12.6 Å². The second kappa shape index (κ2) is 5.91. The van der Waals surface area contributed by atoms with Crippen LogP contribution in [0.2, 0.25) is 0 Å². The quantitative estimate of drug-likeness (QED) is 0.597. The molecule has 0 saturated heterocycles. The van der Waals surface area contributed by atoms with E-state index in [-0.39, 0.29) is 0 Å². The number of benzene rings is 1. The molecule has 8 nitrogen and oxygen atoms in total. The molecule has 0 atom stereocenters. The van der Waals surface area contributed by atoms with Crippen molar-refractivity contribution in [3.05, 3.63) is 54.5 Å². The van der Waals surface area contributed by atoms with Crippen molar-refractivity contribution < 1.29 is 0 Å². The van der Waals surface area contributed by atoms with Crippen LogP contribution in [0.1, 0.15) is 24.2 Å². The molecule has 1 N–H and O–H groups in total. The first kappa shape index (κ1) is 15.0. The van der Waals surface area contributed by atoms with Crippen LogP contribution in [0, 0.1) is 6.92 Å². The molecule has 0 radical (unpaired) electrons. The molecule has 0 amide bonds. The third kappa shape index (κ3) is 2.69. The monoisotopic (exact) mass is 346 g/mol. The van der Waals surface area contributed by atoms with Gasteiger partial charge in [0.05, 0.1) is 17.3 Å². The maximum absolute atomic E-state index is 4.72. The lowest BCUT2D eigenvalue weighted by molar-refractivity contribution is 0.776. The fourth-order valence-electron chi connectivity index (χ4n) is 3.20. The zero-order chi connectivity index (χ0) is 17.5. The second-order valence-electron chi connectivity index (χ2n) is 6.59. The van der Waals surface area contributed by atoms with E-state index in [1.807, 2.05) is 13.1 Å². The average Bonchev–Trinajstić information content (AvgIpc) is 3.14. The largest absolute Gasteiger partial charge is 0.349 e. The van der Waals surface area contributed by atoms with E-state index in [0.717, 1.165) is 34.9 Å². The van der Waals surface area contributed by atoms with E-state index in [4.69, 9.17) is 4.98 Å². The summed E-state index contributed by atoms with van der Waals surface area (Å²) < 4.78 is 1.76. The molecule has 1 fully saturated rings. The predicted molar refractivity (Wildman–Crippen MR) is 97.0 cm³/mol. The molecule has 0 bridgehead atoms. The Morgan fingerprint density at radius 3 is 2.77 bits per heavy atom.